The number of hydrogen-bond donors (Lipinski definition) is 3. The summed E-state index contributed by atoms with van der Waals surface area (Å²) in [5.41, 5.74) is 2.16. The number of hydrogen-bond acceptors (Lipinski definition) is 8. The molecule has 0 atom stereocenters. The third-order valence-electron chi connectivity index (χ3n) is 6.62. The van der Waals surface area contributed by atoms with Gasteiger partial charge in [-0.1, -0.05) is 18.2 Å². The van der Waals surface area contributed by atoms with Gasteiger partial charge in [0.15, 0.2) is 5.60 Å². The Bertz CT molecular complexity index is 1770. The van der Waals surface area contributed by atoms with E-state index in [4.69, 9.17) is 19.0 Å². The lowest BCUT2D eigenvalue weighted by Crippen LogP contribution is -2.32. The SMILES string of the molecule is Cc1cc(=O)oc2cc(O)ccc12.O=C1OC2(c3ccc(O)cc3Oc3cc(O)ccc32)c2ccccc21. The number of esters is 1. The first-order valence-electron chi connectivity index (χ1n) is 11.7. The fourth-order valence-electron chi connectivity index (χ4n) is 4.97. The van der Waals surface area contributed by atoms with E-state index in [2.05, 4.69) is 0 Å². The first-order chi connectivity index (χ1) is 18.3. The molecule has 2 aliphatic heterocycles. The number of carbonyl (C=O) groups is 1. The van der Waals surface area contributed by atoms with Gasteiger partial charge in [-0.3, -0.25) is 0 Å². The molecule has 3 heterocycles. The van der Waals surface area contributed by atoms with E-state index in [9.17, 15) is 19.8 Å². The van der Waals surface area contributed by atoms with Crippen molar-refractivity contribution in [3.63, 3.8) is 0 Å². The van der Waals surface area contributed by atoms with Gasteiger partial charge in [-0.05, 0) is 55.0 Å². The molecule has 0 saturated heterocycles. The molecule has 3 N–H and O–H groups in total. The zero-order valence-corrected chi connectivity index (χ0v) is 20.0. The fourth-order valence-corrected chi connectivity index (χ4v) is 4.97. The van der Waals surface area contributed by atoms with E-state index in [0.717, 1.165) is 10.9 Å². The van der Waals surface area contributed by atoms with Crippen LogP contribution in [0.25, 0.3) is 11.0 Å². The quantitative estimate of drug-likeness (QED) is 0.186. The maximum atomic E-state index is 12.5. The normalized spacial score (nSPS) is 14.0. The molecule has 0 unspecified atom stereocenters. The molecule has 1 spiro atoms. The average molecular weight is 508 g/mol. The minimum Gasteiger partial charge on any atom is -0.508 e. The van der Waals surface area contributed by atoms with Gasteiger partial charge in [0.2, 0.25) is 0 Å². The van der Waals surface area contributed by atoms with Crippen molar-refractivity contribution in [2.45, 2.75) is 12.5 Å². The molecule has 8 nitrogen and oxygen atoms in total. The van der Waals surface area contributed by atoms with Crippen molar-refractivity contribution in [2.75, 3.05) is 0 Å². The largest absolute Gasteiger partial charge is 0.508 e. The van der Waals surface area contributed by atoms with E-state index in [-0.39, 0.29) is 17.2 Å². The highest BCUT2D eigenvalue weighted by Crippen LogP contribution is 2.56. The summed E-state index contributed by atoms with van der Waals surface area (Å²) >= 11 is 0. The van der Waals surface area contributed by atoms with Gasteiger partial charge >= 0.3 is 11.6 Å². The van der Waals surface area contributed by atoms with Gasteiger partial charge in [-0.2, -0.15) is 0 Å². The van der Waals surface area contributed by atoms with E-state index >= 15 is 0 Å². The first-order valence-corrected chi connectivity index (χ1v) is 11.7. The number of ether oxygens (including phenoxy) is 2. The molecule has 38 heavy (non-hydrogen) atoms. The Labute approximate surface area is 215 Å². The standard InChI is InChI=1S/C20H12O5.C10H8O3/c21-11-5-7-15-17(9-11)24-18-10-12(22)6-8-16(18)20(15)14-4-2-1-3-13(14)19(23)25-20;1-6-4-10(12)13-9-5-7(11)2-3-8(6)9/h1-10,21-22H;2-5,11H,1H3. The van der Waals surface area contributed by atoms with Crippen LogP contribution >= 0.6 is 0 Å². The van der Waals surface area contributed by atoms with Crippen LogP contribution in [0.1, 0.15) is 32.6 Å². The molecule has 0 saturated carbocycles. The van der Waals surface area contributed by atoms with E-state index in [0.29, 0.717) is 39.3 Å². The van der Waals surface area contributed by atoms with Crippen LogP contribution in [-0.2, 0) is 10.3 Å². The maximum Gasteiger partial charge on any atom is 0.340 e. The monoisotopic (exact) mass is 508 g/mol. The Balaban J connectivity index is 0.000000171. The predicted molar refractivity (Wildman–Crippen MR) is 137 cm³/mol. The summed E-state index contributed by atoms with van der Waals surface area (Å²) in [6.45, 7) is 1.83. The molecule has 0 fully saturated rings. The highest BCUT2D eigenvalue weighted by atomic mass is 16.6. The molecular weight excluding hydrogens is 488 g/mol. The molecule has 8 heteroatoms. The van der Waals surface area contributed by atoms with Crippen molar-refractivity contribution in [3.05, 3.63) is 123 Å². The lowest BCUT2D eigenvalue weighted by Gasteiger charge is -2.36. The number of phenolic OH excluding ortho intramolecular Hbond substituents is 3. The Morgan fingerprint density at radius 1 is 0.684 bits per heavy atom. The van der Waals surface area contributed by atoms with Gasteiger partial charge in [0.05, 0.1) is 5.56 Å². The Kier molecular flexibility index (Phi) is 5.13. The topological polar surface area (TPSA) is 126 Å². The summed E-state index contributed by atoms with van der Waals surface area (Å²) in [5, 5.41) is 29.7. The molecule has 1 aromatic heterocycles. The lowest BCUT2D eigenvalue weighted by atomic mass is 9.77. The average Bonchev–Trinajstić information content (AvgIpc) is 3.16. The predicted octanol–water partition coefficient (Wildman–Crippen LogP) is 5.47. The number of fused-ring (bicyclic) bond motifs is 7. The van der Waals surface area contributed by atoms with Crippen LogP contribution in [-0.4, -0.2) is 21.3 Å². The fraction of sp³-hybridized carbons (Fsp3) is 0.0667. The summed E-state index contributed by atoms with van der Waals surface area (Å²) < 4.78 is 16.7. The zero-order valence-electron chi connectivity index (χ0n) is 20.0. The van der Waals surface area contributed by atoms with Gasteiger partial charge in [0.1, 0.15) is 34.3 Å². The van der Waals surface area contributed by atoms with Crippen LogP contribution in [0.15, 0.2) is 94.1 Å². The van der Waals surface area contributed by atoms with Gasteiger partial charge in [-0.25, -0.2) is 9.59 Å². The van der Waals surface area contributed by atoms with Crippen LogP contribution in [0.2, 0.25) is 0 Å². The maximum absolute atomic E-state index is 12.5. The van der Waals surface area contributed by atoms with Gasteiger partial charge in [-0.15, -0.1) is 0 Å². The van der Waals surface area contributed by atoms with Crippen LogP contribution in [0.4, 0.5) is 0 Å². The molecule has 0 aliphatic carbocycles. The number of carbonyl (C=O) groups excluding carboxylic acids is 1. The van der Waals surface area contributed by atoms with Crippen LogP contribution < -0.4 is 10.4 Å². The molecule has 2 aliphatic rings. The summed E-state index contributed by atoms with van der Waals surface area (Å²) in [6.07, 6.45) is 0. The number of rotatable bonds is 0. The van der Waals surface area contributed by atoms with Crippen molar-refractivity contribution in [3.8, 4) is 28.7 Å². The van der Waals surface area contributed by atoms with Crippen molar-refractivity contribution in [1.29, 1.82) is 0 Å². The van der Waals surface area contributed by atoms with E-state index in [1.54, 1.807) is 36.4 Å². The van der Waals surface area contributed by atoms with Crippen LogP contribution in [0.5, 0.6) is 28.7 Å². The first kappa shape index (κ1) is 23.2. The van der Waals surface area contributed by atoms with Gasteiger partial charge < -0.3 is 29.2 Å². The number of benzene rings is 4. The molecule has 188 valence electrons. The Morgan fingerprint density at radius 3 is 1.97 bits per heavy atom. The minimum atomic E-state index is -1.17. The molecule has 0 radical (unpaired) electrons. The Hall–Kier alpha value is -5.24. The zero-order chi connectivity index (χ0) is 26.6. The van der Waals surface area contributed by atoms with Crippen molar-refractivity contribution in [1.82, 2.24) is 0 Å². The van der Waals surface area contributed by atoms with Crippen molar-refractivity contribution < 1.29 is 34.0 Å². The summed E-state index contributed by atoms with van der Waals surface area (Å²) in [4.78, 5) is 23.5. The molecule has 5 aromatic rings. The Morgan fingerprint density at radius 2 is 1.29 bits per heavy atom. The molecule has 7 rings (SSSR count). The molecule has 4 aromatic carbocycles. The van der Waals surface area contributed by atoms with E-state index in [1.807, 2.05) is 19.1 Å². The summed E-state index contributed by atoms with van der Waals surface area (Å²) in [6, 6.07) is 22.7. The number of aromatic hydroxyl groups is 3. The van der Waals surface area contributed by atoms with E-state index < -0.39 is 17.2 Å². The molecule has 0 bridgehead atoms. The lowest BCUT2D eigenvalue weighted by molar-refractivity contribution is 0.0224. The second-order valence-electron chi connectivity index (χ2n) is 9.01. The highest BCUT2D eigenvalue weighted by molar-refractivity contribution is 5.97. The second-order valence-corrected chi connectivity index (χ2v) is 9.01. The second kappa shape index (κ2) is 8.41. The van der Waals surface area contributed by atoms with Gasteiger partial charge in [0.25, 0.3) is 0 Å². The third-order valence-corrected chi connectivity index (χ3v) is 6.62. The van der Waals surface area contributed by atoms with Crippen molar-refractivity contribution >= 4 is 16.9 Å². The van der Waals surface area contributed by atoms with Gasteiger partial charge in [0, 0.05) is 46.3 Å². The minimum absolute atomic E-state index is 0.0371. The summed E-state index contributed by atoms with van der Waals surface area (Å²) in [7, 11) is 0. The molecule has 0 amide bonds. The van der Waals surface area contributed by atoms with E-state index in [1.165, 1.54) is 36.4 Å². The number of aryl methyl sites for hydroxylation is 1. The smallest absolute Gasteiger partial charge is 0.340 e. The van der Waals surface area contributed by atoms with Crippen LogP contribution in [0, 0.1) is 6.92 Å². The highest BCUT2D eigenvalue weighted by Gasteiger charge is 2.53. The summed E-state index contributed by atoms with van der Waals surface area (Å²) in [5.74, 6) is 0.507. The molecular formula is C30H20O8. The third kappa shape index (κ3) is 3.54. The number of phenols is 3. The van der Waals surface area contributed by atoms with Crippen molar-refractivity contribution in [2.24, 2.45) is 0 Å². The van der Waals surface area contributed by atoms with Crippen LogP contribution in [0.3, 0.4) is 0 Å².